The van der Waals surface area contributed by atoms with Crippen LogP contribution in [-0.4, -0.2) is 0 Å². The minimum Gasteiger partial charge on any atom is -0.125 e. The summed E-state index contributed by atoms with van der Waals surface area (Å²) in [5, 5.41) is 0. The predicted molar refractivity (Wildman–Crippen MR) is 81.5 cm³/mol. The molecule has 0 N–H and O–H groups in total. The van der Waals surface area contributed by atoms with Gasteiger partial charge in [0, 0.05) is 12.0 Å². The summed E-state index contributed by atoms with van der Waals surface area (Å²) < 4.78 is 0. The molecule has 0 saturated carbocycles. The maximum absolute atomic E-state index is 3.18. The molecule has 0 amide bonds. The molecule has 0 spiro atoms. The third-order valence-electron chi connectivity index (χ3n) is 2.59. The highest BCUT2D eigenvalue weighted by Crippen LogP contribution is 2.00. The molecule has 0 radical (unpaired) electrons. The Balaban J connectivity index is 1.79. The molecule has 0 nitrogen and oxygen atoms in total. The molecule has 92 valence electrons. The van der Waals surface area contributed by atoms with E-state index >= 15 is 0 Å². The molecule has 0 heterocycles. The van der Waals surface area contributed by atoms with Crippen molar-refractivity contribution in [2.75, 3.05) is 0 Å². The zero-order chi connectivity index (χ0) is 13.2. The second kappa shape index (κ2) is 7.77. The van der Waals surface area contributed by atoms with E-state index in [4.69, 9.17) is 0 Å². The van der Waals surface area contributed by atoms with Crippen LogP contribution in [0.4, 0.5) is 0 Å². The molecule has 0 saturated heterocycles. The van der Waals surface area contributed by atoms with Gasteiger partial charge in [-0.3, -0.25) is 0 Å². The lowest BCUT2D eigenvalue weighted by Gasteiger charge is -1.87. The lowest BCUT2D eigenvalue weighted by Crippen LogP contribution is -1.71. The van der Waals surface area contributed by atoms with Crippen molar-refractivity contribution in [3.63, 3.8) is 0 Å². The van der Waals surface area contributed by atoms with Crippen LogP contribution in [0, 0.1) is 11.8 Å². The smallest absolute Gasteiger partial charge is 0.0245 e. The summed E-state index contributed by atoms with van der Waals surface area (Å²) in [6, 6.07) is 20.3. The highest BCUT2D eigenvalue weighted by molar-refractivity contribution is 5.47. The number of allylic oxidation sites excluding steroid dienone is 1. The van der Waals surface area contributed by atoms with Gasteiger partial charge in [0.2, 0.25) is 0 Å². The van der Waals surface area contributed by atoms with Crippen molar-refractivity contribution in [2.45, 2.75) is 12.8 Å². The van der Waals surface area contributed by atoms with Gasteiger partial charge in [0.1, 0.15) is 0 Å². The van der Waals surface area contributed by atoms with Crippen LogP contribution < -0.4 is 0 Å². The number of unbranched alkanes of at least 4 members (excludes halogenated alkanes) is 1. The fraction of sp³-hybridized carbons (Fsp3) is 0.105. The van der Waals surface area contributed by atoms with E-state index in [0.717, 1.165) is 18.4 Å². The zero-order valence-electron chi connectivity index (χ0n) is 10.8. The van der Waals surface area contributed by atoms with Crippen molar-refractivity contribution in [1.82, 2.24) is 0 Å². The highest BCUT2D eigenvalue weighted by Gasteiger charge is 1.81. The first-order valence-corrected chi connectivity index (χ1v) is 6.45. The highest BCUT2D eigenvalue weighted by atomic mass is 13.9. The molecule has 0 unspecified atom stereocenters. The van der Waals surface area contributed by atoms with Crippen molar-refractivity contribution in [3.05, 3.63) is 83.6 Å². The van der Waals surface area contributed by atoms with Gasteiger partial charge in [-0.05, 0) is 36.3 Å². The Kier molecular flexibility index (Phi) is 5.30. The number of rotatable bonds is 3. The minimum atomic E-state index is 0.866. The van der Waals surface area contributed by atoms with Crippen molar-refractivity contribution < 1.29 is 0 Å². The first-order valence-electron chi connectivity index (χ1n) is 6.45. The average Bonchev–Trinajstić information content (AvgIpc) is 2.48. The third-order valence-corrected chi connectivity index (χ3v) is 2.59. The molecule has 19 heavy (non-hydrogen) atoms. The van der Waals surface area contributed by atoms with Crippen LogP contribution in [0.5, 0.6) is 0 Å². The minimum absolute atomic E-state index is 0.866. The first kappa shape index (κ1) is 13.0. The quantitative estimate of drug-likeness (QED) is 0.417. The molecule has 2 aromatic carbocycles. The van der Waals surface area contributed by atoms with Crippen LogP contribution in [0.15, 0.2) is 72.5 Å². The summed E-state index contributed by atoms with van der Waals surface area (Å²) in [4.78, 5) is 0. The van der Waals surface area contributed by atoms with E-state index in [1.807, 2.05) is 60.7 Å². The van der Waals surface area contributed by atoms with Gasteiger partial charge in [-0.15, -0.1) is 5.73 Å². The monoisotopic (exact) mass is 244 g/mol. The topological polar surface area (TPSA) is 0 Å². The number of hydrogen-bond acceptors (Lipinski definition) is 0. The Hall–Kier alpha value is -2.48. The lowest BCUT2D eigenvalue weighted by molar-refractivity contribution is 1.09. The predicted octanol–water partition coefficient (Wildman–Crippen LogP) is 4.69. The van der Waals surface area contributed by atoms with Crippen LogP contribution in [-0.2, 0) is 0 Å². The summed E-state index contributed by atoms with van der Waals surface area (Å²) in [7, 11) is 0. The van der Waals surface area contributed by atoms with E-state index in [0.29, 0.717) is 0 Å². The standard InChI is InChI=1S/C19H16/c1(2-6-12-18-14-8-4-9-15-18)3-7-13-19-16-10-5-11-17-19/h2,4-5,8-12,14-17H,1,3H2. The number of benzene rings is 2. The maximum atomic E-state index is 3.18. The van der Waals surface area contributed by atoms with Crippen LogP contribution >= 0.6 is 0 Å². The van der Waals surface area contributed by atoms with Crippen molar-refractivity contribution in [2.24, 2.45) is 0 Å². The Labute approximate surface area is 115 Å². The van der Waals surface area contributed by atoms with Crippen molar-refractivity contribution in [3.8, 4) is 11.8 Å². The zero-order valence-corrected chi connectivity index (χ0v) is 10.8. The van der Waals surface area contributed by atoms with Crippen LogP contribution in [0.2, 0.25) is 0 Å². The van der Waals surface area contributed by atoms with E-state index in [-0.39, 0.29) is 0 Å². The Bertz CT molecular complexity index is 603. The molecule has 2 rings (SSSR count). The molecular weight excluding hydrogens is 228 g/mol. The number of hydrogen-bond donors (Lipinski definition) is 0. The van der Waals surface area contributed by atoms with Crippen LogP contribution in [0.25, 0.3) is 6.08 Å². The largest absolute Gasteiger partial charge is 0.125 e. The Morgan fingerprint density at radius 3 is 2.26 bits per heavy atom. The molecule has 0 aliphatic carbocycles. The van der Waals surface area contributed by atoms with Gasteiger partial charge in [-0.1, -0.05) is 60.4 Å². The SMILES string of the molecule is C(=CCCC#Cc1ccccc1)=Cc1ccccc1. The maximum Gasteiger partial charge on any atom is 0.0245 e. The van der Waals surface area contributed by atoms with E-state index < -0.39 is 0 Å². The van der Waals surface area contributed by atoms with Gasteiger partial charge in [0.05, 0.1) is 0 Å². The molecule has 0 aliphatic heterocycles. The summed E-state index contributed by atoms with van der Waals surface area (Å²) >= 11 is 0. The fourth-order valence-electron chi connectivity index (χ4n) is 1.62. The summed E-state index contributed by atoms with van der Waals surface area (Å²) in [6.45, 7) is 0. The van der Waals surface area contributed by atoms with Gasteiger partial charge >= 0.3 is 0 Å². The third kappa shape index (κ3) is 5.13. The van der Waals surface area contributed by atoms with E-state index in [1.165, 1.54) is 5.56 Å². The first-order chi connectivity index (χ1) is 9.45. The molecule has 0 aromatic heterocycles. The van der Waals surface area contributed by atoms with Crippen molar-refractivity contribution >= 4 is 6.08 Å². The van der Waals surface area contributed by atoms with Crippen LogP contribution in [0.3, 0.4) is 0 Å². The molecule has 0 bridgehead atoms. The molecule has 0 atom stereocenters. The Morgan fingerprint density at radius 2 is 1.53 bits per heavy atom. The van der Waals surface area contributed by atoms with Crippen molar-refractivity contribution in [1.29, 1.82) is 0 Å². The van der Waals surface area contributed by atoms with E-state index in [2.05, 4.69) is 29.7 Å². The summed E-state index contributed by atoms with van der Waals surface area (Å²) in [6.07, 6.45) is 5.82. The van der Waals surface area contributed by atoms with Gasteiger partial charge < -0.3 is 0 Å². The van der Waals surface area contributed by atoms with Gasteiger partial charge in [-0.2, -0.15) is 0 Å². The Morgan fingerprint density at radius 1 is 0.842 bits per heavy atom. The molecule has 0 heteroatoms. The van der Waals surface area contributed by atoms with E-state index in [1.54, 1.807) is 0 Å². The molecular formula is C19H16. The molecule has 0 fully saturated rings. The lowest BCUT2D eigenvalue weighted by atomic mass is 10.2. The van der Waals surface area contributed by atoms with Crippen LogP contribution in [0.1, 0.15) is 24.0 Å². The molecule has 2 aromatic rings. The van der Waals surface area contributed by atoms with Gasteiger partial charge in [0.15, 0.2) is 0 Å². The average molecular weight is 244 g/mol. The normalized spacial score (nSPS) is 8.84. The molecule has 0 aliphatic rings. The second-order valence-corrected chi connectivity index (χ2v) is 4.13. The summed E-state index contributed by atoms with van der Waals surface area (Å²) in [5.41, 5.74) is 5.43. The second-order valence-electron chi connectivity index (χ2n) is 4.13. The van der Waals surface area contributed by atoms with Gasteiger partial charge in [-0.25, -0.2) is 0 Å². The fourth-order valence-corrected chi connectivity index (χ4v) is 1.62. The van der Waals surface area contributed by atoms with Gasteiger partial charge in [0.25, 0.3) is 0 Å². The summed E-state index contributed by atoms with van der Waals surface area (Å²) in [5.74, 6) is 6.31. The van der Waals surface area contributed by atoms with E-state index in [9.17, 15) is 0 Å².